The zero-order valence-electron chi connectivity index (χ0n) is 9.45. The molecule has 1 aromatic rings. The molecule has 0 heterocycles. The topological polar surface area (TPSA) is 109 Å². The number of rotatable bonds is 2. The maximum atomic E-state index is 9.00. The molecule has 0 amide bonds. The molecule has 0 aliphatic rings. The molecule has 0 radical (unpaired) electrons. The molecule has 18 heavy (non-hydrogen) atoms. The molecule has 88 valence electrons. The molecule has 6 heteroatoms. The normalized spacial score (nSPS) is 8.67. The van der Waals surface area contributed by atoms with Gasteiger partial charge in [0, 0.05) is 5.56 Å². The standard InChI is InChI=1S/C12H8ClN5/c1-7-2-3-9(11(13)10(7)6-16)12(18-17)8(4-14)5-15/h2-3,18H,17H2,1H3. The Hall–Kier alpha value is -2.52. The molecule has 3 N–H and O–H groups in total. The quantitative estimate of drug-likeness (QED) is 0.476. The zero-order valence-corrected chi connectivity index (χ0v) is 10.2. The van der Waals surface area contributed by atoms with Gasteiger partial charge in [-0.3, -0.25) is 5.84 Å². The Balaban J connectivity index is 3.64. The highest BCUT2D eigenvalue weighted by molar-refractivity contribution is 6.33. The van der Waals surface area contributed by atoms with Crippen LogP contribution in [0.2, 0.25) is 5.02 Å². The van der Waals surface area contributed by atoms with E-state index < -0.39 is 0 Å². The lowest BCUT2D eigenvalue weighted by Crippen LogP contribution is -2.21. The number of allylic oxidation sites excluding steroid dienone is 1. The fourth-order valence-electron chi connectivity index (χ4n) is 1.42. The van der Waals surface area contributed by atoms with Crippen molar-refractivity contribution in [2.24, 2.45) is 5.84 Å². The maximum absolute atomic E-state index is 9.00. The van der Waals surface area contributed by atoms with Crippen molar-refractivity contribution in [1.29, 1.82) is 15.8 Å². The molecule has 0 atom stereocenters. The molecular weight excluding hydrogens is 250 g/mol. The van der Waals surface area contributed by atoms with Crippen molar-refractivity contribution in [3.05, 3.63) is 39.4 Å². The van der Waals surface area contributed by atoms with Gasteiger partial charge in [-0.15, -0.1) is 0 Å². The first-order valence-corrected chi connectivity index (χ1v) is 5.19. The van der Waals surface area contributed by atoms with Crippen molar-refractivity contribution in [1.82, 2.24) is 5.43 Å². The van der Waals surface area contributed by atoms with E-state index in [1.54, 1.807) is 31.2 Å². The predicted octanol–water partition coefficient (Wildman–Crippen LogP) is 1.74. The Morgan fingerprint density at radius 2 is 1.89 bits per heavy atom. The molecule has 1 aromatic carbocycles. The minimum atomic E-state index is -0.202. The minimum absolute atomic E-state index is 0.0986. The van der Waals surface area contributed by atoms with Gasteiger partial charge in [-0.05, 0) is 12.5 Å². The molecule has 0 unspecified atom stereocenters. The molecule has 1 rings (SSSR count). The molecule has 0 aliphatic carbocycles. The summed E-state index contributed by atoms with van der Waals surface area (Å²) in [5.74, 6) is 5.30. The lowest BCUT2D eigenvalue weighted by atomic mass is 10.0. The summed E-state index contributed by atoms with van der Waals surface area (Å²) in [6, 6.07) is 8.67. The van der Waals surface area contributed by atoms with Crippen LogP contribution in [0.4, 0.5) is 0 Å². The van der Waals surface area contributed by atoms with Gasteiger partial charge in [-0.2, -0.15) is 15.8 Å². The van der Waals surface area contributed by atoms with Gasteiger partial charge in [0.2, 0.25) is 0 Å². The van der Waals surface area contributed by atoms with Crippen LogP contribution < -0.4 is 11.3 Å². The lowest BCUT2D eigenvalue weighted by molar-refractivity contribution is 0.987. The van der Waals surface area contributed by atoms with Crippen LogP contribution in [0.15, 0.2) is 17.7 Å². The Bertz CT molecular complexity index is 624. The van der Waals surface area contributed by atoms with E-state index in [-0.39, 0.29) is 21.9 Å². The number of hydrogen-bond donors (Lipinski definition) is 2. The highest BCUT2D eigenvalue weighted by Crippen LogP contribution is 2.29. The summed E-state index contributed by atoms with van der Waals surface area (Å²) in [4.78, 5) is 0. The van der Waals surface area contributed by atoms with E-state index in [1.807, 2.05) is 6.07 Å². The lowest BCUT2D eigenvalue weighted by Gasteiger charge is -2.11. The van der Waals surface area contributed by atoms with E-state index in [0.29, 0.717) is 11.1 Å². The van der Waals surface area contributed by atoms with Gasteiger partial charge >= 0.3 is 0 Å². The smallest absolute Gasteiger partial charge is 0.154 e. The van der Waals surface area contributed by atoms with E-state index >= 15 is 0 Å². The number of nitrogens with two attached hydrogens (primary N) is 1. The number of nitriles is 3. The summed E-state index contributed by atoms with van der Waals surface area (Å²) in [6.07, 6.45) is 0. The second-order valence-electron chi connectivity index (χ2n) is 3.35. The maximum Gasteiger partial charge on any atom is 0.154 e. The van der Waals surface area contributed by atoms with Crippen molar-refractivity contribution in [2.45, 2.75) is 6.92 Å². The summed E-state index contributed by atoms with van der Waals surface area (Å²) in [7, 11) is 0. The minimum Gasteiger partial charge on any atom is -0.322 e. The van der Waals surface area contributed by atoms with Crippen LogP contribution in [0.5, 0.6) is 0 Å². The van der Waals surface area contributed by atoms with Gasteiger partial charge in [0.15, 0.2) is 5.57 Å². The SMILES string of the molecule is Cc1ccc(C(NN)=C(C#N)C#N)c(Cl)c1C#N. The number of hydrazine groups is 1. The molecule has 0 saturated heterocycles. The first-order valence-electron chi connectivity index (χ1n) is 4.81. The Labute approximate surface area is 109 Å². The van der Waals surface area contributed by atoms with Crippen molar-refractivity contribution >= 4 is 17.3 Å². The Morgan fingerprint density at radius 3 is 2.33 bits per heavy atom. The molecule has 0 aromatic heterocycles. The van der Waals surface area contributed by atoms with Crippen LogP contribution in [0.1, 0.15) is 16.7 Å². The highest BCUT2D eigenvalue weighted by Gasteiger charge is 2.15. The van der Waals surface area contributed by atoms with Crippen LogP contribution in [-0.2, 0) is 0 Å². The fourth-order valence-corrected chi connectivity index (χ4v) is 1.77. The molecule has 0 aliphatic heterocycles. The Kier molecular flexibility index (Phi) is 4.29. The number of nitrogens with one attached hydrogen (secondary N) is 1. The number of aryl methyl sites for hydroxylation is 1. The van der Waals surface area contributed by atoms with E-state index in [9.17, 15) is 0 Å². The van der Waals surface area contributed by atoms with Crippen LogP contribution in [-0.4, -0.2) is 0 Å². The first-order chi connectivity index (χ1) is 8.60. The number of benzene rings is 1. The van der Waals surface area contributed by atoms with Gasteiger partial charge in [0.05, 0.1) is 16.3 Å². The molecular formula is C12H8ClN5. The Morgan fingerprint density at radius 1 is 1.28 bits per heavy atom. The van der Waals surface area contributed by atoms with Crippen molar-refractivity contribution in [3.63, 3.8) is 0 Å². The van der Waals surface area contributed by atoms with Gasteiger partial charge < -0.3 is 5.43 Å². The van der Waals surface area contributed by atoms with E-state index in [4.69, 9.17) is 33.2 Å². The number of halogens is 1. The fraction of sp³-hybridized carbons (Fsp3) is 0.0833. The van der Waals surface area contributed by atoms with Gasteiger partial charge in [-0.25, -0.2) is 0 Å². The summed E-state index contributed by atoms with van der Waals surface area (Å²) < 4.78 is 0. The highest BCUT2D eigenvalue weighted by atomic mass is 35.5. The summed E-state index contributed by atoms with van der Waals surface area (Å²) in [6.45, 7) is 1.74. The van der Waals surface area contributed by atoms with Crippen LogP contribution in [0.25, 0.3) is 5.70 Å². The molecule has 0 spiro atoms. The summed E-state index contributed by atoms with van der Waals surface area (Å²) in [5, 5.41) is 26.8. The van der Waals surface area contributed by atoms with E-state index in [2.05, 4.69) is 5.43 Å². The van der Waals surface area contributed by atoms with Crippen LogP contribution in [0.3, 0.4) is 0 Å². The second-order valence-corrected chi connectivity index (χ2v) is 3.73. The molecule has 0 bridgehead atoms. The molecule has 5 nitrogen and oxygen atoms in total. The summed E-state index contributed by atoms with van der Waals surface area (Å²) in [5.41, 5.74) is 3.51. The third-order valence-corrected chi connectivity index (χ3v) is 2.74. The average Bonchev–Trinajstić information content (AvgIpc) is 2.37. The van der Waals surface area contributed by atoms with Crippen molar-refractivity contribution in [2.75, 3.05) is 0 Å². The average molecular weight is 258 g/mol. The van der Waals surface area contributed by atoms with Crippen molar-refractivity contribution in [3.8, 4) is 18.2 Å². The summed E-state index contributed by atoms with van der Waals surface area (Å²) >= 11 is 6.07. The molecule has 0 fully saturated rings. The van der Waals surface area contributed by atoms with Crippen molar-refractivity contribution < 1.29 is 0 Å². The van der Waals surface area contributed by atoms with Gasteiger partial charge in [0.25, 0.3) is 0 Å². The van der Waals surface area contributed by atoms with Crippen LogP contribution >= 0.6 is 11.6 Å². The molecule has 0 saturated carbocycles. The second kappa shape index (κ2) is 5.70. The van der Waals surface area contributed by atoms with Gasteiger partial charge in [0.1, 0.15) is 18.2 Å². The monoisotopic (exact) mass is 257 g/mol. The van der Waals surface area contributed by atoms with E-state index in [1.165, 1.54) is 0 Å². The number of nitrogens with zero attached hydrogens (tertiary/aromatic N) is 3. The van der Waals surface area contributed by atoms with Crippen LogP contribution in [0, 0.1) is 40.9 Å². The van der Waals surface area contributed by atoms with E-state index in [0.717, 1.165) is 0 Å². The largest absolute Gasteiger partial charge is 0.322 e. The third-order valence-electron chi connectivity index (χ3n) is 2.35. The third kappa shape index (κ3) is 2.26. The first kappa shape index (κ1) is 13.5. The predicted molar refractivity (Wildman–Crippen MR) is 66.4 cm³/mol. The van der Waals surface area contributed by atoms with Gasteiger partial charge in [-0.1, -0.05) is 23.7 Å². The zero-order chi connectivity index (χ0) is 13.7. The number of hydrogen-bond acceptors (Lipinski definition) is 5.